The van der Waals surface area contributed by atoms with E-state index in [1.54, 1.807) is 0 Å². The first kappa shape index (κ1) is 30.3. The number of aromatic nitrogens is 3. The summed E-state index contributed by atoms with van der Waals surface area (Å²) in [5.74, 6) is 0.609. The lowest BCUT2D eigenvalue weighted by atomic mass is 9.98. The van der Waals surface area contributed by atoms with E-state index < -0.39 is 0 Å². The van der Waals surface area contributed by atoms with Crippen molar-refractivity contribution >= 4 is 55.9 Å². The number of aryl methyl sites for hydroxylation is 3. The van der Waals surface area contributed by atoms with Crippen molar-refractivity contribution in [3.05, 3.63) is 111 Å². The van der Waals surface area contributed by atoms with Crippen molar-refractivity contribution in [2.75, 3.05) is 24.7 Å². The van der Waals surface area contributed by atoms with Crippen LogP contribution in [0.3, 0.4) is 0 Å². The molecule has 0 saturated heterocycles. The van der Waals surface area contributed by atoms with Gasteiger partial charge in [-0.05, 0) is 97.0 Å². The molecule has 7 rings (SSSR count). The van der Waals surface area contributed by atoms with Gasteiger partial charge in [-0.2, -0.15) is 5.10 Å². The molecule has 6 aromatic rings. The normalized spacial score (nSPS) is 13.2. The van der Waals surface area contributed by atoms with Crippen LogP contribution in [0.5, 0.6) is 5.75 Å². The Morgan fingerprint density at radius 2 is 1.74 bits per heavy atom. The summed E-state index contributed by atoms with van der Waals surface area (Å²) in [6, 6.07) is 29.5. The van der Waals surface area contributed by atoms with Gasteiger partial charge >= 0.3 is 5.97 Å². The van der Waals surface area contributed by atoms with Gasteiger partial charge in [0.2, 0.25) is 0 Å². The van der Waals surface area contributed by atoms with Crippen molar-refractivity contribution in [2.45, 2.75) is 46.2 Å². The Morgan fingerprint density at radius 3 is 2.59 bits per heavy atom. The summed E-state index contributed by atoms with van der Waals surface area (Å²) < 4.78 is 15.5. The molecule has 8 heteroatoms. The molecule has 0 spiro atoms. The van der Waals surface area contributed by atoms with Gasteiger partial charge in [-0.25, -0.2) is 4.79 Å². The highest BCUT2D eigenvalue weighted by Crippen LogP contribution is 2.39. The second-order valence-electron chi connectivity index (χ2n) is 11.7. The summed E-state index contributed by atoms with van der Waals surface area (Å²) >= 11 is 2.35. The largest absolute Gasteiger partial charge is 0.493 e. The number of hydrogen-bond acceptors (Lipinski definition) is 5. The maximum absolute atomic E-state index is 13.8. The smallest absolute Gasteiger partial charge is 0.355 e. The Bertz CT molecular complexity index is 2020. The molecule has 2 aromatic heterocycles. The standard InChI is InChI=1S/C38H37IN4O3/c1-3-45-38(44)37-31(15-8-23-46-34-16-6-11-26-10-4-5-12-29(26)34)30-13-7-14-32-35-25(2)40-41-33(35)24-42(21-9-22-43(37)36(30)32)28-19-17-27(39)18-20-28/h4-7,10-14,16-20H,3,8-9,15,21-24H2,1-2H3,(H,40,41). The lowest BCUT2D eigenvalue weighted by molar-refractivity contribution is 0.0512. The second kappa shape index (κ2) is 13.2. The molecular formula is C38H37IN4O3. The van der Waals surface area contributed by atoms with E-state index in [-0.39, 0.29) is 5.97 Å². The number of rotatable bonds is 8. The number of H-pyrrole nitrogens is 1. The zero-order valence-corrected chi connectivity index (χ0v) is 28.3. The molecule has 234 valence electrons. The number of nitrogens with one attached hydrogen (secondary N) is 1. The molecule has 4 aromatic carbocycles. The van der Waals surface area contributed by atoms with Gasteiger partial charge in [-0.1, -0.05) is 54.6 Å². The average molecular weight is 725 g/mol. The molecule has 3 heterocycles. The van der Waals surface area contributed by atoms with Crippen molar-refractivity contribution in [3.63, 3.8) is 0 Å². The summed E-state index contributed by atoms with van der Waals surface area (Å²) in [5.41, 5.74) is 8.12. The Morgan fingerprint density at radius 1 is 0.957 bits per heavy atom. The van der Waals surface area contributed by atoms with Crippen LogP contribution in [0.1, 0.15) is 47.2 Å². The third-order valence-corrected chi connectivity index (χ3v) is 9.60. The van der Waals surface area contributed by atoms with Crippen LogP contribution in [0.4, 0.5) is 5.69 Å². The Hall–Kier alpha value is -4.31. The summed E-state index contributed by atoms with van der Waals surface area (Å²) in [6.07, 6.45) is 2.32. The Labute approximate surface area is 282 Å². The zero-order valence-electron chi connectivity index (χ0n) is 26.2. The van der Waals surface area contributed by atoms with Crippen LogP contribution >= 0.6 is 22.6 Å². The van der Waals surface area contributed by atoms with Crippen molar-refractivity contribution in [1.29, 1.82) is 0 Å². The molecule has 46 heavy (non-hydrogen) atoms. The van der Waals surface area contributed by atoms with Gasteiger partial charge in [0.1, 0.15) is 11.4 Å². The quantitative estimate of drug-likeness (QED) is 0.0967. The van der Waals surface area contributed by atoms with Gasteiger partial charge in [-0.3, -0.25) is 5.10 Å². The monoisotopic (exact) mass is 724 g/mol. The first-order chi connectivity index (χ1) is 22.5. The molecule has 0 amide bonds. The molecule has 1 N–H and O–H groups in total. The molecule has 0 fully saturated rings. The molecule has 0 radical (unpaired) electrons. The number of anilines is 1. The van der Waals surface area contributed by atoms with Gasteiger partial charge in [0.05, 0.1) is 36.7 Å². The van der Waals surface area contributed by atoms with Crippen LogP contribution < -0.4 is 9.64 Å². The van der Waals surface area contributed by atoms with E-state index in [9.17, 15) is 4.79 Å². The lowest BCUT2D eigenvalue weighted by Crippen LogP contribution is -2.26. The number of halogens is 1. The number of para-hydroxylation sites is 1. The second-order valence-corrected chi connectivity index (χ2v) is 13.0. The number of nitrogens with zero attached hydrogens (tertiary/aromatic N) is 3. The topological polar surface area (TPSA) is 72.4 Å². The molecule has 1 aliphatic heterocycles. The fourth-order valence-corrected chi connectivity index (χ4v) is 7.22. The maximum atomic E-state index is 13.8. The van der Waals surface area contributed by atoms with Crippen molar-refractivity contribution in [2.24, 2.45) is 0 Å². The molecule has 0 aliphatic carbocycles. The SMILES string of the molecule is CCOC(=O)c1c(CCCOc2cccc3ccccc23)c2cccc3c2n1CCCN(c1ccc(I)cc1)Cc1[nH]nc(C)c1-3. The van der Waals surface area contributed by atoms with E-state index in [0.717, 1.165) is 81.4 Å². The molecule has 7 nitrogen and oxygen atoms in total. The summed E-state index contributed by atoms with van der Waals surface area (Å²) in [4.78, 5) is 16.2. The highest BCUT2D eigenvalue weighted by Gasteiger charge is 2.28. The Balaban J connectivity index is 1.28. The maximum Gasteiger partial charge on any atom is 0.355 e. The number of carbonyl (C=O) groups is 1. The van der Waals surface area contributed by atoms with Crippen molar-refractivity contribution in [3.8, 4) is 16.9 Å². The van der Waals surface area contributed by atoms with Gasteiger partial charge < -0.3 is 18.9 Å². The van der Waals surface area contributed by atoms with E-state index in [4.69, 9.17) is 9.47 Å². The van der Waals surface area contributed by atoms with Crippen LogP contribution in [0.15, 0.2) is 84.9 Å². The zero-order chi connectivity index (χ0) is 31.6. The third-order valence-electron chi connectivity index (χ3n) is 8.88. The van der Waals surface area contributed by atoms with Gasteiger partial charge in [0, 0.05) is 44.2 Å². The number of hydrogen-bond donors (Lipinski definition) is 1. The van der Waals surface area contributed by atoms with Crippen LogP contribution in [-0.2, 0) is 24.2 Å². The first-order valence-corrected chi connectivity index (χ1v) is 17.1. The fraction of sp³-hybridized carbons (Fsp3) is 0.263. The molecule has 0 unspecified atom stereocenters. The molecule has 0 bridgehead atoms. The number of carbonyl (C=O) groups excluding carboxylic acids is 1. The fourth-order valence-electron chi connectivity index (χ4n) is 6.86. The molecule has 0 saturated carbocycles. The van der Waals surface area contributed by atoms with Crippen LogP contribution in [0, 0.1) is 10.5 Å². The minimum absolute atomic E-state index is 0.273. The summed E-state index contributed by atoms with van der Waals surface area (Å²) in [5, 5.41) is 11.4. The number of aromatic amines is 1. The third kappa shape index (κ3) is 5.75. The van der Waals surface area contributed by atoms with Crippen LogP contribution in [0.2, 0.25) is 0 Å². The predicted octanol–water partition coefficient (Wildman–Crippen LogP) is 8.70. The molecule has 1 aliphatic rings. The first-order valence-electron chi connectivity index (χ1n) is 16.0. The average Bonchev–Trinajstić information content (AvgIpc) is 3.60. The van der Waals surface area contributed by atoms with E-state index in [0.29, 0.717) is 31.9 Å². The summed E-state index contributed by atoms with van der Waals surface area (Å²) in [6.45, 7) is 7.03. The minimum Gasteiger partial charge on any atom is -0.493 e. The van der Waals surface area contributed by atoms with Gasteiger partial charge in [0.15, 0.2) is 0 Å². The number of benzene rings is 4. The molecule has 0 atom stereocenters. The number of ether oxygens (including phenoxy) is 2. The Kier molecular flexibility index (Phi) is 8.71. The van der Waals surface area contributed by atoms with Crippen LogP contribution in [0.25, 0.3) is 32.8 Å². The minimum atomic E-state index is -0.273. The van der Waals surface area contributed by atoms with Crippen molar-refractivity contribution in [1.82, 2.24) is 14.8 Å². The van der Waals surface area contributed by atoms with Crippen LogP contribution in [-0.4, -0.2) is 40.5 Å². The van der Waals surface area contributed by atoms with E-state index in [2.05, 4.69) is 110 Å². The highest BCUT2D eigenvalue weighted by atomic mass is 127. The number of fused-ring (bicyclic) bond motifs is 3. The van der Waals surface area contributed by atoms with Gasteiger partial charge in [-0.15, -0.1) is 0 Å². The van der Waals surface area contributed by atoms with E-state index >= 15 is 0 Å². The van der Waals surface area contributed by atoms with E-state index in [1.807, 2.05) is 31.2 Å². The highest BCUT2D eigenvalue weighted by molar-refractivity contribution is 14.1. The van der Waals surface area contributed by atoms with E-state index in [1.165, 1.54) is 9.26 Å². The van der Waals surface area contributed by atoms with Crippen molar-refractivity contribution < 1.29 is 14.3 Å². The van der Waals surface area contributed by atoms with Gasteiger partial charge in [0.25, 0.3) is 0 Å². The number of esters is 1. The predicted molar refractivity (Wildman–Crippen MR) is 193 cm³/mol. The lowest BCUT2D eigenvalue weighted by Gasteiger charge is -2.27. The molecular weight excluding hydrogens is 687 g/mol. The summed E-state index contributed by atoms with van der Waals surface area (Å²) in [7, 11) is 0.